The minimum atomic E-state index is -4.71. The fraction of sp³-hybridized carbons (Fsp3) is 0.614. The molecular formula is C44H64N4O13S3. The maximum absolute atomic E-state index is 12.6. The second kappa shape index (κ2) is 24.1. The van der Waals surface area contributed by atoms with Crippen LogP contribution in [-0.4, -0.2) is 103 Å². The summed E-state index contributed by atoms with van der Waals surface area (Å²) < 4.78 is 81.0. The van der Waals surface area contributed by atoms with Gasteiger partial charge in [-0.15, -0.1) is 0 Å². The normalized spacial score (nSPS) is 18.3. The Bertz CT molecular complexity index is 2270. The van der Waals surface area contributed by atoms with Crippen LogP contribution in [0.3, 0.4) is 0 Å². The number of nitrogens with zero attached hydrogens (tertiary/aromatic N) is 2. The van der Waals surface area contributed by atoms with Crippen molar-refractivity contribution >= 4 is 72.9 Å². The van der Waals surface area contributed by atoms with Gasteiger partial charge in [-0.2, -0.15) is 21.9 Å². The topological polar surface area (TPSA) is 244 Å². The Morgan fingerprint density at radius 2 is 1.22 bits per heavy atom. The Morgan fingerprint density at radius 1 is 0.719 bits per heavy atom. The predicted octanol–water partition coefficient (Wildman–Crippen LogP) is 5.42. The van der Waals surface area contributed by atoms with E-state index in [0.717, 1.165) is 79.0 Å². The van der Waals surface area contributed by atoms with Crippen LogP contribution in [-0.2, 0) is 59.6 Å². The molecule has 2 unspecified atom stereocenters. The SMILES string of the molecule is COC(=O)CCCCCC1(C)C(C)=[N+](CCCCCC(=O)NCCNC(=O)CCCCCC2(C)C(C)=[N+](CCCS(=O)(=O)O)c3ccc(S(=O)(=O)[O-])cc32)c2ccc(SOO[O-])cc21. The molecule has 0 saturated carbocycles. The van der Waals surface area contributed by atoms with E-state index in [1.54, 1.807) is 6.07 Å². The lowest BCUT2D eigenvalue weighted by Gasteiger charge is -2.23. The summed E-state index contributed by atoms with van der Waals surface area (Å²) in [6.45, 7) is 9.88. The van der Waals surface area contributed by atoms with Gasteiger partial charge in [-0.3, -0.25) is 24.0 Å². The smallest absolute Gasteiger partial charge is 0.305 e. The third kappa shape index (κ3) is 14.6. The maximum Gasteiger partial charge on any atom is 0.305 e. The van der Waals surface area contributed by atoms with Gasteiger partial charge in [0.25, 0.3) is 10.1 Å². The van der Waals surface area contributed by atoms with Gasteiger partial charge in [-0.1, -0.05) is 25.7 Å². The summed E-state index contributed by atoms with van der Waals surface area (Å²) in [5.74, 6) is -0.840. The fourth-order valence-corrected chi connectivity index (χ4v) is 10.3. The highest BCUT2D eigenvalue weighted by atomic mass is 32.2. The Hall–Kier alpha value is -3.76. The summed E-state index contributed by atoms with van der Waals surface area (Å²) in [6.07, 6.45) is 9.70. The van der Waals surface area contributed by atoms with Gasteiger partial charge in [0, 0.05) is 87.2 Å². The van der Waals surface area contributed by atoms with E-state index in [0.29, 0.717) is 75.7 Å². The Balaban J connectivity index is 1.16. The molecule has 0 radical (unpaired) electrons. The molecule has 3 N–H and O–H groups in total. The van der Waals surface area contributed by atoms with Gasteiger partial charge in [0.1, 0.15) is 23.2 Å². The van der Waals surface area contributed by atoms with Crippen LogP contribution in [0.4, 0.5) is 11.4 Å². The molecule has 0 bridgehead atoms. The number of rotatable bonds is 29. The zero-order chi connectivity index (χ0) is 47.1. The third-order valence-electron chi connectivity index (χ3n) is 12.8. The summed E-state index contributed by atoms with van der Waals surface area (Å²) >= 11 is 0.864. The lowest BCUT2D eigenvalue weighted by atomic mass is 9.76. The molecule has 64 heavy (non-hydrogen) atoms. The zero-order valence-electron chi connectivity index (χ0n) is 37.6. The van der Waals surface area contributed by atoms with E-state index in [9.17, 15) is 45.6 Å². The van der Waals surface area contributed by atoms with Gasteiger partial charge >= 0.3 is 5.97 Å². The number of ether oxygens (including phenoxy) is 1. The summed E-state index contributed by atoms with van der Waals surface area (Å²) in [6, 6.07) is 10.2. The number of nitrogens with one attached hydrogen (secondary N) is 2. The Labute approximate surface area is 382 Å². The average molecular weight is 953 g/mol. The van der Waals surface area contributed by atoms with Crippen LogP contribution >= 0.6 is 12.0 Å². The van der Waals surface area contributed by atoms with Crippen LogP contribution in [0.25, 0.3) is 0 Å². The summed E-state index contributed by atoms with van der Waals surface area (Å²) in [5, 5.41) is 19.8. The molecule has 4 rings (SSSR count). The van der Waals surface area contributed by atoms with Gasteiger partial charge in [0.05, 0.1) is 40.6 Å². The van der Waals surface area contributed by atoms with Crippen molar-refractivity contribution in [3.05, 3.63) is 47.5 Å². The van der Waals surface area contributed by atoms with E-state index in [2.05, 4.69) is 38.4 Å². The fourth-order valence-electron chi connectivity index (χ4n) is 8.89. The second-order valence-corrected chi connectivity index (χ2v) is 20.7. The van der Waals surface area contributed by atoms with Crippen molar-refractivity contribution in [1.82, 2.24) is 10.6 Å². The Kier molecular flexibility index (Phi) is 19.9. The van der Waals surface area contributed by atoms with Gasteiger partial charge in [0.2, 0.25) is 23.2 Å². The number of carbonyl (C=O) groups excluding carboxylic acids is 3. The molecule has 2 heterocycles. The number of fused-ring (bicyclic) bond motifs is 2. The molecule has 2 aromatic carbocycles. The average Bonchev–Trinajstić information content (AvgIpc) is 3.58. The first kappa shape index (κ1) is 52.9. The van der Waals surface area contributed by atoms with Gasteiger partial charge in [0.15, 0.2) is 11.4 Å². The molecule has 17 nitrogen and oxygen atoms in total. The number of carbonyl (C=O) groups is 3. The zero-order valence-corrected chi connectivity index (χ0v) is 40.0. The molecule has 2 aliphatic rings. The van der Waals surface area contributed by atoms with Crippen LogP contribution in [0.1, 0.15) is 135 Å². The molecule has 20 heteroatoms. The Morgan fingerprint density at radius 3 is 1.73 bits per heavy atom. The van der Waals surface area contributed by atoms with Gasteiger partial charge < -0.3 is 25.2 Å². The van der Waals surface area contributed by atoms with E-state index < -0.39 is 31.4 Å². The molecule has 0 aromatic heterocycles. The molecular weight excluding hydrogens is 889 g/mol. The van der Waals surface area contributed by atoms with E-state index in [1.807, 2.05) is 36.6 Å². The number of hydrogen-bond acceptors (Lipinski definition) is 13. The molecule has 2 atom stereocenters. The third-order valence-corrected chi connectivity index (χ3v) is 15.0. The first-order chi connectivity index (χ1) is 30.2. The predicted molar refractivity (Wildman–Crippen MR) is 238 cm³/mol. The van der Waals surface area contributed by atoms with Crippen LogP contribution in [0.15, 0.2) is 46.2 Å². The monoisotopic (exact) mass is 952 g/mol. The highest BCUT2D eigenvalue weighted by molar-refractivity contribution is 7.94. The largest absolute Gasteiger partial charge is 0.744 e. The number of unbranched alkanes of at least 4 members (excludes halogenated alkanes) is 6. The van der Waals surface area contributed by atoms with Gasteiger partial charge in [-0.25, -0.2) is 8.42 Å². The van der Waals surface area contributed by atoms with E-state index >= 15 is 0 Å². The van der Waals surface area contributed by atoms with Crippen molar-refractivity contribution < 1.29 is 68.8 Å². The molecule has 2 amide bonds. The molecule has 0 spiro atoms. The minimum absolute atomic E-state index is 0.0800. The quantitative estimate of drug-likeness (QED) is 0.0176. The second-order valence-electron chi connectivity index (χ2n) is 17.0. The van der Waals surface area contributed by atoms with Crippen LogP contribution in [0, 0.1) is 0 Å². The molecule has 2 aromatic rings. The van der Waals surface area contributed by atoms with Crippen molar-refractivity contribution in [2.75, 3.05) is 39.0 Å². The molecule has 356 valence electrons. The van der Waals surface area contributed by atoms with Crippen molar-refractivity contribution in [2.45, 2.75) is 145 Å². The standard InChI is InChI=1S/C44H64N4O13S3/c1-32-43(3,23-13-7-11-18-42(51)59-5)36-30-34(62-61-60-52)19-21-38(36)47(32)27-14-8-10-17-41(50)46-26-25-45-40(49)16-9-6-12-24-44(4)33(2)48(28-15-29-63(53,54)55)39-22-20-35(31-37(39)44)64(56,57)58/h19-22,30-31H,6-18,23-29H2,1-5H3,(H3-2,45,46,49,50,52,53,54,55,56,57,58). The molecule has 0 fully saturated rings. The number of methoxy groups -OCH3 is 1. The summed E-state index contributed by atoms with van der Waals surface area (Å²) in [5.41, 5.74) is 4.78. The summed E-state index contributed by atoms with van der Waals surface area (Å²) in [4.78, 5) is 37.1. The molecule has 0 aliphatic carbocycles. The van der Waals surface area contributed by atoms with Crippen LogP contribution in [0.2, 0.25) is 0 Å². The van der Waals surface area contributed by atoms with Crippen molar-refractivity contribution in [3.8, 4) is 0 Å². The van der Waals surface area contributed by atoms with E-state index in [4.69, 9.17) is 4.74 Å². The van der Waals surface area contributed by atoms with Crippen molar-refractivity contribution in [2.24, 2.45) is 0 Å². The van der Waals surface area contributed by atoms with Crippen molar-refractivity contribution in [3.63, 3.8) is 0 Å². The lowest BCUT2D eigenvalue weighted by molar-refractivity contribution is -0.777. The van der Waals surface area contributed by atoms with E-state index in [-0.39, 0.29) is 41.1 Å². The van der Waals surface area contributed by atoms with Gasteiger partial charge in [-0.05, 0) is 76.6 Å². The minimum Gasteiger partial charge on any atom is -0.744 e. The lowest BCUT2D eigenvalue weighted by Crippen LogP contribution is -2.34. The number of hydrogen-bond donors (Lipinski definition) is 3. The maximum atomic E-state index is 12.6. The van der Waals surface area contributed by atoms with Crippen molar-refractivity contribution in [1.29, 1.82) is 0 Å². The van der Waals surface area contributed by atoms with Crippen LogP contribution in [0.5, 0.6) is 0 Å². The first-order valence-corrected chi connectivity index (χ1v) is 25.7. The molecule has 2 aliphatic heterocycles. The highest BCUT2D eigenvalue weighted by Crippen LogP contribution is 2.46. The number of esters is 1. The highest BCUT2D eigenvalue weighted by Gasteiger charge is 2.47. The first-order valence-electron chi connectivity index (χ1n) is 21.9. The van der Waals surface area contributed by atoms with Crippen LogP contribution < -0.4 is 15.9 Å². The summed E-state index contributed by atoms with van der Waals surface area (Å²) in [7, 11) is -7.47. The molecule has 0 saturated heterocycles. The van der Waals surface area contributed by atoms with E-state index in [1.165, 1.54) is 25.0 Å². The number of benzene rings is 2. The number of amides is 2.